The molecule has 0 spiro atoms. The monoisotopic (exact) mass is 223 g/mol. The van der Waals surface area contributed by atoms with E-state index in [1.54, 1.807) is 6.07 Å². The maximum Gasteiger partial charge on any atom is 0.176 e. The molecule has 0 saturated heterocycles. The third kappa shape index (κ3) is 2.89. The Morgan fingerprint density at radius 1 is 1.33 bits per heavy atom. The molecule has 15 heavy (non-hydrogen) atoms. The van der Waals surface area contributed by atoms with Crippen LogP contribution in [-0.4, -0.2) is 20.5 Å². The second kappa shape index (κ2) is 4.24. The van der Waals surface area contributed by atoms with Crippen molar-refractivity contribution >= 4 is 15.6 Å². The van der Waals surface area contributed by atoms with Crippen LogP contribution in [0.3, 0.4) is 0 Å². The van der Waals surface area contributed by atoms with E-state index in [-0.39, 0.29) is 17.1 Å². The molecule has 0 atom stereocenters. The Kier molecular flexibility index (Phi) is 3.22. The van der Waals surface area contributed by atoms with E-state index >= 15 is 0 Å². The van der Waals surface area contributed by atoms with Gasteiger partial charge in [0.15, 0.2) is 15.6 Å². The molecule has 0 N–H and O–H groups in total. The summed E-state index contributed by atoms with van der Waals surface area (Å²) >= 11 is 0. The van der Waals surface area contributed by atoms with Crippen molar-refractivity contribution in [1.82, 2.24) is 0 Å². The molecule has 4 nitrogen and oxygen atoms in total. The van der Waals surface area contributed by atoms with Crippen LogP contribution in [0.15, 0.2) is 29.2 Å². The zero-order valence-electron chi connectivity index (χ0n) is 8.10. The van der Waals surface area contributed by atoms with Crippen molar-refractivity contribution in [3.63, 3.8) is 0 Å². The minimum Gasteiger partial charge on any atom is -0.293 e. The third-order valence-corrected chi connectivity index (χ3v) is 2.97. The van der Waals surface area contributed by atoms with Gasteiger partial charge in [0.25, 0.3) is 0 Å². The molecule has 0 fully saturated rings. The van der Waals surface area contributed by atoms with Gasteiger partial charge in [-0.3, -0.25) is 4.79 Å². The number of Topliss-reactive ketones (excluding diaryl/α,β-unsaturated/α-hetero) is 1. The van der Waals surface area contributed by atoms with E-state index in [0.29, 0.717) is 5.56 Å². The highest BCUT2D eigenvalue weighted by Gasteiger charge is 2.09. The Labute approximate surface area is 88.1 Å². The molecule has 0 radical (unpaired) electrons. The number of carbonyl (C=O) groups is 1. The van der Waals surface area contributed by atoms with E-state index in [4.69, 9.17) is 5.26 Å². The molecule has 0 aromatic heterocycles. The van der Waals surface area contributed by atoms with Crippen LogP contribution in [0.4, 0.5) is 0 Å². The van der Waals surface area contributed by atoms with Crippen molar-refractivity contribution in [2.24, 2.45) is 0 Å². The van der Waals surface area contributed by atoms with Gasteiger partial charge in [0, 0.05) is 11.8 Å². The SMILES string of the molecule is CS(=O)(=O)c1ccc(C(=O)CC#N)cc1. The van der Waals surface area contributed by atoms with Crippen LogP contribution >= 0.6 is 0 Å². The van der Waals surface area contributed by atoms with Crippen LogP contribution in [0, 0.1) is 11.3 Å². The summed E-state index contributed by atoms with van der Waals surface area (Å²) < 4.78 is 22.2. The third-order valence-electron chi connectivity index (χ3n) is 1.84. The molecule has 0 aliphatic heterocycles. The quantitative estimate of drug-likeness (QED) is 0.721. The van der Waals surface area contributed by atoms with Gasteiger partial charge < -0.3 is 0 Å². The van der Waals surface area contributed by atoms with Crippen LogP contribution in [-0.2, 0) is 9.84 Å². The summed E-state index contributed by atoms with van der Waals surface area (Å²) in [7, 11) is -3.23. The highest BCUT2D eigenvalue weighted by Crippen LogP contribution is 2.11. The Morgan fingerprint density at radius 3 is 2.27 bits per heavy atom. The first kappa shape index (κ1) is 11.4. The number of hydrogen-bond acceptors (Lipinski definition) is 4. The van der Waals surface area contributed by atoms with E-state index in [1.165, 1.54) is 24.3 Å². The van der Waals surface area contributed by atoms with E-state index in [9.17, 15) is 13.2 Å². The summed E-state index contributed by atoms with van der Waals surface area (Å²) in [6, 6.07) is 7.29. The molecule has 0 heterocycles. The summed E-state index contributed by atoms with van der Waals surface area (Å²) in [4.78, 5) is 11.4. The molecule has 0 amide bonds. The van der Waals surface area contributed by atoms with Gasteiger partial charge in [-0.15, -0.1) is 0 Å². The van der Waals surface area contributed by atoms with Crippen LogP contribution in [0.2, 0.25) is 0 Å². The molecule has 1 aromatic rings. The van der Waals surface area contributed by atoms with E-state index in [1.807, 2.05) is 0 Å². The Bertz CT molecular complexity index is 509. The zero-order chi connectivity index (χ0) is 11.5. The Hall–Kier alpha value is -1.67. The van der Waals surface area contributed by atoms with Gasteiger partial charge in [-0.2, -0.15) is 5.26 Å². The first-order valence-electron chi connectivity index (χ1n) is 4.15. The van der Waals surface area contributed by atoms with Gasteiger partial charge in [0.05, 0.1) is 17.4 Å². The van der Waals surface area contributed by atoms with E-state index in [2.05, 4.69) is 0 Å². The minimum atomic E-state index is -3.23. The van der Waals surface area contributed by atoms with Gasteiger partial charge in [-0.05, 0) is 12.1 Å². The molecule has 0 saturated carbocycles. The number of rotatable bonds is 3. The van der Waals surface area contributed by atoms with Crippen LogP contribution in [0.5, 0.6) is 0 Å². The molecule has 0 aliphatic carbocycles. The zero-order valence-corrected chi connectivity index (χ0v) is 8.91. The number of carbonyl (C=O) groups excluding carboxylic acids is 1. The number of nitrogens with zero attached hydrogens (tertiary/aromatic N) is 1. The fourth-order valence-electron chi connectivity index (χ4n) is 1.06. The van der Waals surface area contributed by atoms with Gasteiger partial charge in [0.1, 0.15) is 0 Å². The molecule has 5 heteroatoms. The van der Waals surface area contributed by atoms with Crippen molar-refractivity contribution in [3.8, 4) is 6.07 Å². The summed E-state index contributed by atoms with van der Waals surface area (Å²) in [5, 5.41) is 8.32. The largest absolute Gasteiger partial charge is 0.293 e. The number of sulfone groups is 1. The molecule has 78 valence electrons. The van der Waals surface area contributed by atoms with Gasteiger partial charge in [-0.1, -0.05) is 12.1 Å². The highest BCUT2D eigenvalue weighted by molar-refractivity contribution is 7.90. The number of benzene rings is 1. The molecular weight excluding hydrogens is 214 g/mol. The van der Waals surface area contributed by atoms with E-state index < -0.39 is 9.84 Å². The van der Waals surface area contributed by atoms with Crippen LogP contribution < -0.4 is 0 Å². The lowest BCUT2D eigenvalue weighted by molar-refractivity contribution is 0.0997. The fraction of sp³-hybridized carbons (Fsp3) is 0.200. The average molecular weight is 223 g/mol. The van der Waals surface area contributed by atoms with Crippen LogP contribution in [0.25, 0.3) is 0 Å². The first-order chi connectivity index (χ1) is 6.95. The summed E-state index contributed by atoms with van der Waals surface area (Å²) in [5.74, 6) is -0.308. The lowest BCUT2D eigenvalue weighted by Crippen LogP contribution is -2.00. The first-order valence-corrected chi connectivity index (χ1v) is 6.04. The van der Waals surface area contributed by atoms with Crippen molar-refractivity contribution in [1.29, 1.82) is 5.26 Å². The molecular formula is C10H9NO3S. The van der Waals surface area contributed by atoms with Gasteiger partial charge in [0.2, 0.25) is 0 Å². The number of nitriles is 1. The number of ketones is 1. The van der Waals surface area contributed by atoms with Crippen molar-refractivity contribution in [2.75, 3.05) is 6.26 Å². The Morgan fingerprint density at radius 2 is 1.87 bits per heavy atom. The standard InChI is InChI=1S/C10H9NO3S/c1-15(13,14)9-4-2-8(3-5-9)10(12)6-7-11/h2-5H,6H2,1H3. The number of hydrogen-bond donors (Lipinski definition) is 0. The second-order valence-corrected chi connectivity index (χ2v) is 5.07. The Balaban J connectivity index is 3.02. The molecule has 0 bridgehead atoms. The van der Waals surface area contributed by atoms with Crippen molar-refractivity contribution in [3.05, 3.63) is 29.8 Å². The molecule has 1 aromatic carbocycles. The smallest absolute Gasteiger partial charge is 0.176 e. The van der Waals surface area contributed by atoms with Crippen molar-refractivity contribution < 1.29 is 13.2 Å². The summed E-state index contributed by atoms with van der Waals surface area (Å²) in [5.41, 5.74) is 0.351. The fourth-order valence-corrected chi connectivity index (χ4v) is 1.69. The minimum absolute atomic E-state index is 0.163. The maximum atomic E-state index is 11.2. The summed E-state index contributed by atoms with van der Waals surface area (Å²) in [6.45, 7) is 0. The van der Waals surface area contributed by atoms with E-state index in [0.717, 1.165) is 6.26 Å². The predicted molar refractivity (Wildman–Crippen MR) is 54.1 cm³/mol. The highest BCUT2D eigenvalue weighted by atomic mass is 32.2. The van der Waals surface area contributed by atoms with Crippen molar-refractivity contribution in [2.45, 2.75) is 11.3 Å². The van der Waals surface area contributed by atoms with Gasteiger partial charge in [-0.25, -0.2) is 8.42 Å². The van der Waals surface area contributed by atoms with Crippen LogP contribution in [0.1, 0.15) is 16.8 Å². The molecule has 1 rings (SSSR count). The molecule has 0 aliphatic rings. The lowest BCUT2D eigenvalue weighted by Gasteiger charge is -1.99. The lowest BCUT2D eigenvalue weighted by atomic mass is 10.1. The average Bonchev–Trinajstić information content (AvgIpc) is 2.17. The maximum absolute atomic E-state index is 11.2. The summed E-state index contributed by atoms with van der Waals surface area (Å²) in [6.07, 6.45) is 0.900. The second-order valence-electron chi connectivity index (χ2n) is 3.05. The molecule has 0 unspecified atom stereocenters. The normalized spacial score (nSPS) is 10.7. The van der Waals surface area contributed by atoms with Gasteiger partial charge >= 0.3 is 0 Å². The predicted octanol–water partition coefficient (Wildman–Crippen LogP) is 1.19. The topological polar surface area (TPSA) is 75.0 Å².